The van der Waals surface area contributed by atoms with Crippen LogP contribution in [0.5, 0.6) is 5.75 Å². The number of carboxylic acid groups (broad SMARTS) is 1. The molecular weight excluding hydrogens is 284 g/mol. The summed E-state index contributed by atoms with van der Waals surface area (Å²) in [4.78, 5) is 23.3. The number of hydrogen-bond donors (Lipinski definition) is 2. The third kappa shape index (κ3) is 4.22. The van der Waals surface area contributed by atoms with E-state index in [2.05, 4.69) is 5.32 Å². The van der Waals surface area contributed by atoms with E-state index in [9.17, 15) is 9.59 Å². The Kier molecular flexibility index (Phi) is 4.99. The summed E-state index contributed by atoms with van der Waals surface area (Å²) in [6.07, 6.45) is 1.60. The minimum absolute atomic E-state index is 0.307. The largest absolute Gasteiger partial charge is 0.480 e. The van der Waals surface area contributed by atoms with Crippen molar-refractivity contribution in [3.63, 3.8) is 0 Å². The first-order valence-electron chi connectivity index (χ1n) is 7.20. The number of para-hydroxylation sites is 1. The molecule has 1 aromatic rings. The predicted octanol–water partition coefficient (Wildman–Crippen LogP) is 1.70. The number of nitriles is 1. The zero-order valence-electron chi connectivity index (χ0n) is 12.3. The fourth-order valence-corrected chi connectivity index (χ4v) is 2.10. The number of carboxylic acids is 1. The summed E-state index contributed by atoms with van der Waals surface area (Å²) in [5.74, 6) is -0.843. The minimum atomic E-state index is -1.04. The number of nitrogens with one attached hydrogen (secondary N) is 1. The van der Waals surface area contributed by atoms with Crippen molar-refractivity contribution in [3.05, 3.63) is 29.8 Å². The fraction of sp³-hybridized carbons (Fsp3) is 0.438. The van der Waals surface area contributed by atoms with Crippen LogP contribution in [0.3, 0.4) is 0 Å². The van der Waals surface area contributed by atoms with Crippen LogP contribution in [0.15, 0.2) is 24.3 Å². The van der Waals surface area contributed by atoms with Crippen molar-refractivity contribution in [2.45, 2.75) is 38.3 Å². The monoisotopic (exact) mass is 302 g/mol. The van der Waals surface area contributed by atoms with Crippen LogP contribution in [0.2, 0.25) is 0 Å². The van der Waals surface area contributed by atoms with Crippen LogP contribution in [0.25, 0.3) is 0 Å². The Morgan fingerprint density at radius 3 is 2.73 bits per heavy atom. The number of hydrogen-bond acceptors (Lipinski definition) is 4. The van der Waals surface area contributed by atoms with Crippen LogP contribution in [-0.2, 0) is 9.59 Å². The van der Waals surface area contributed by atoms with E-state index < -0.39 is 24.0 Å². The highest BCUT2D eigenvalue weighted by Gasteiger charge is 2.31. The summed E-state index contributed by atoms with van der Waals surface area (Å²) in [5.41, 5.74) is 0.329. The van der Waals surface area contributed by atoms with Gasteiger partial charge in [0.1, 0.15) is 17.9 Å². The molecular formula is C16H18N2O4. The van der Waals surface area contributed by atoms with Gasteiger partial charge in [-0.1, -0.05) is 25.0 Å². The molecule has 1 amide bonds. The molecule has 2 N–H and O–H groups in total. The standard InChI is InChI=1S/C16H18N2O4/c1-10(22-14-5-3-2-4-12(14)9-17)15(19)18-13(16(20)21)8-11-6-7-11/h2-5,10-11,13H,6-8H2,1H3,(H,18,19)(H,20,21). The van der Waals surface area contributed by atoms with Gasteiger partial charge in [-0.2, -0.15) is 5.26 Å². The van der Waals surface area contributed by atoms with Crippen LogP contribution in [0, 0.1) is 17.2 Å². The first-order chi connectivity index (χ1) is 10.5. The van der Waals surface area contributed by atoms with Crippen LogP contribution in [0.4, 0.5) is 0 Å². The van der Waals surface area contributed by atoms with Crippen LogP contribution < -0.4 is 10.1 Å². The first kappa shape index (κ1) is 15.8. The zero-order valence-corrected chi connectivity index (χ0v) is 12.3. The Labute approximate surface area is 128 Å². The molecule has 0 aliphatic heterocycles. The molecule has 1 aliphatic carbocycles. The van der Waals surface area contributed by atoms with E-state index in [1.54, 1.807) is 24.3 Å². The molecule has 0 heterocycles. The maximum atomic E-state index is 12.1. The number of carbonyl (C=O) groups is 2. The van der Waals surface area contributed by atoms with E-state index in [0.717, 1.165) is 12.8 Å². The molecule has 1 aliphatic rings. The molecule has 0 spiro atoms. The Balaban J connectivity index is 1.96. The molecule has 1 saturated carbocycles. The van der Waals surface area contributed by atoms with E-state index in [1.165, 1.54) is 6.92 Å². The third-order valence-corrected chi connectivity index (χ3v) is 3.56. The predicted molar refractivity (Wildman–Crippen MR) is 78.2 cm³/mol. The van der Waals surface area contributed by atoms with E-state index >= 15 is 0 Å². The van der Waals surface area contributed by atoms with Gasteiger partial charge in [0.2, 0.25) is 0 Å². The van der Waals surface area contributed by atoms with Crippen LogP contribution in [-0.4, -0.2) is 29.1 Å². The molecule has 2 rings (SSSR count). The van der Waals surface area contributed by atoms with Crippen LogP contribution in [0.1, 0.15) is 31.7 Å². The molecule has 6 heteroatoms. The Morgan fingerprint density at radius 1 is 1.45 bits per heavy atom. The van der Waals surface area contributed by atoms with Crippen molar-refractivity contribution >= 4 is 11.9 Å². The number of amides is 1. The molecule has 2 unspecified atom stereocenters. The molecule has 6 nitrogen and oxygen atoms in total. The molecule has 2 atom stereocenters. The second-order valence-electron chi connectivity index (χ2n) is 5.45. The number of rotatable bonds is 7. The van der Waals surface area contributed by atoms with E-state index in [4.69, 9.17) is 15.1 Å². The van der Waals surface area contributed by atoms with Gasteiger partial charge in [0.05, 0.1) is 5.56 Å². The maximum Gasteiger partial charge on any atom is 0.326 e. The average molecular weight is 302 g/mol. The quantitative estimate of drug-likeness (QED) is 0.798. The summed E-state index contributed by atoms with van der Waals surface area (Å²) in [6.45, 7) is 1.53. The van der Waals surface area contributed by atoms with Gasteiger partial charge in [-0.3, -0.25) is 4.79 Å². The normalized spacial score (nSPS) is 16.2. The van der Waals surface area contributed by atoms with Gasteiger partial charge in [0.25, 0.3) is 5.91 Å². The topological polar surface area (TPSA) is 99.4 Å². The molecule has 0 saturated heterocycles. The number of ether oxygens (including phenoxy) is 1. The van der Waals surface area contributed by atoms with Crippen molar-refractivity contribution in [2.75, 3.05) is 0 Å². The van der Waals surface area contributed by atoms with Crippen molar-refractivity contribution < 1.29 is 19.4 Å². The van der Waals surface area contributed by atoms with Crippen molar-refractivity contribution in [1.82, 2.24) is 5.32 Å². The summed E-state index contributed by atoms with van der Waals surface area (Å²) in [5, 5.41) is 20.6. The lowest BCUT2D eigenvalue weighted by Gasteiger charge is -2.19. The van der Waals surface area contributed by atoms with Crippen molar-refractivity contribution in [2.24, 2.45) is 5.92 Å². The molecule has 0 bridgehead atoms. The van der Waals surface area contributed by atoms with Crippen LogP contribution >= 0.6 is 0 Å². The van der Waals surface area contributed by atoms with Gasteiger partial charge in [-0.25, -0.2) is 4.79 Å². The number of aliphatic carboxylic acids is 1. The molecule has 0 radical (unpaired) electrons. The maximum absolute atomic E-state index is 12.1. The van der Waals surface area contributed by atoms with Gasteiger partial charge < -0.3 is 15.2 Å². The Morgan fingerprint density at radius 2 is 2.14 bits per heavy atom. The number of benzene rings is 1. The van der Waals surface area contributed by atoms with Gasteiger partial charge in [-0.05, 0) is 31.4 Å². The molecule has 1 aromatic carbocycles. The number of nitrogens with zero attached hydrogens (tertiary/aromatic N) is 1. The van der Waals surface area contributed by atoms with Gasteiger partial charge in [0, 0.05) is 0 Å². The molecule has 116 valence electrons. The zero-order chi connectivity index (χ0) is 16.1. The Bertz CT molecular complexity index is 604. The van der Waals surface area contributed by atoms with E-state index in [0.29, 0.717) is 23.7 Å². The summed E-state index contributed by atoms with van der Waals surface area (Å²) >= 11 is 0. The lowest BCUT2D eigenvalue weighted by molar-refractivity contribution is -0.143. The third-order valence-electron chi connectivity index (χ3n) is 3.56. The van der Waals surface area contributed by atoms with Crippen molar-refractivity contribution in [1.29, 1.82) is 5.26 Å². The summed E-state index contributed by atoms with van der Waals surface area (Å²) in [6, 6.07) is 7.68. The molecule has 22 heavy (non-hydrogen) atoms. The van der Waals surface area contributed by atoms with Crippen molar-refractivity contribution in [3.8, 4) is 11.8 Å². The summed E-state index contributed by atoms with van der Waals surface area (Å²) in [7, 11) is 0. The number of carbonyl (C=O) groups excluding carboxylic acids is 1. The fourth-order valence-electron chi connectivity index (χ4n) is 2.10. The van der Waals surface area contributed by atoms with Gasteiger partial charge >= 0.3 is 5.97 Å². The highest BCUT2D eigenvalue weighted by molar-refractivity contribution is 5.86. The van der Waals surface area contributed by atoms with Gasteiger partial charge in [-0.15, -0.1) is 0 Å². The Hall–Kier alpha value is -2.55. The highest BCUT2D eigenvalue weighted by atomic mass is 16.5. The SMILES string of the molecule is CC(Oc1ccccc1C#N)C(=O)NC(CC1CC1)C(=O)O. The first-order valence-corrected chi connectivity index (χ1v) is 7.20. The average Bonchev–Trinajstić information content (AvgIpc) is 3.30. The van der Waals surface area contributed by atoms with Gasteiger partial charge in [0.15, 0.2) is 6.10 Å². The molecule has 0 aromatic heterocycles. The molecule has 1 fully saturated rings. The lowest BCUT2D eigenvalue weighted by atomic mass is 10.1. The highest BCUT2D eigenvalue weighted by Crippen LogP contribution is 2.33. The minimum Gasteiger partial charge on any atom is -0.480 e. The lowest BCUT2D eigenvalue weighted by Crippen LogP contribution is -2.46. The summed E-state index contributed by atoms with van der Waals surface area (Å²) < 4.78 is 5.47. The second kappa shape index (κ2) is 6.94. The second-order valence-corrected chi connectivity index (χ2v) is 5.45. The smallest absolute Gasteiger partial charge is 0.326 e. The van der Waals surface area contributed by atoms with E-state index in [-0.39, 0.29) is 0 Å². The van der Waals surface area contributed by atoms with E-state index in [1.807, 2.05) is 6.07 Å².